The Kier molecular flexibility index (Phi) is 4.53. The molecule has 0 saturated heterocycles. The number of hydrogen-bond acceptors (Lipinski definition) is 5. The Labute approximate surface area is 171 Å². The molecular formula is C22H28N4OS. The molecule has 0 radical (unpaired) electrons. The molecule has 2 aromatic rings. The zero-order chi connectivity index (χ0) is 20.3. The molecule has 2 bridgehead atoms. The highest BCUT2D eigenvalue weighted by atomic mass is 32.2. The fourth-order valence-corrected chi connectivity index (χ4v) is 5.57. The van der Waals surface area contributed by atoms with Gasteiger partial charge in [-0.2, -0.15) is 5.10 Å². The molecule has 0 spiro atoms. The quantitative estimate of drug-likeness (QED) is 0.753. The van der Waals surface area contributed by atoms with Crippen LogP contribution < -0.4 is 5.32 Å². The van der Waals surface area contributed by atoms with E-state index in [9.17, 15) is 4.79 Å². The molecule has 5 nitrogen and oxygen atoms in total. The predicted molar refractivity (Wildman–Crippen MR) is 113 cm³/mol. The van der Waals surface area contributed by atoms with E-state index in [1.54, 1.807) is 0 Å². The lowest BCUT2D eigenvalue weighted by molar-refractivity contribution is -0.115. The Balaban J connectivity index is 1.52. The molecule has 4 rings (SSSR count). The number of para-hydroxylation sites is 1. The number of anilines is 1. The molecule has 1 fully saturated rings. The summed E-state index contributed by atoms with van der Waals surface area (Å²) in [6, 6.07) is 6.01. The minimum atomic E-state index is -0.307. The SMILES string of the molecule is Cc1cccc(C)c1NC(=O)[C@@H](C)Sc1nnc2c(n1)[C@]1(C)CC[C@H]2C1(C)C. The number of aromatic nitrogens is 3. The van der Waals surface area contributed by atoms with E-state index in [-0.39, 0.29) is 22.0 Å². The summed E-state index contributed by atoms with van der Waals surface area (Å²) in [5, 5.41) is 12.2. The molecule has 148 valence electrons. The second-order valence-electron chi connectivity index (χ2n) is 8.99. The molecule has 0 unspecified atom stereocenters. The van der Waals surface area contributed by atoms with Crippen LogP contribution in [0.4, 0.5) is 5.69 Å². The lowest BCUT2D eigenvalue weighted by Gasteiger charge is -2.34. The van der Waals surface area contributed by atoms with Gasteiger partial charge in [0.25, 0.3) is 0 Å². The average Bonchev–Trinajstić information content (AvgIpc) is 2.97. The Hall–Kier alpha value is -1.95. The Morgan fingerprint density at radius 3 is 2.57 bits per heavy atom. The summed E-state index contributed by atoms with van der Waals surface area (Å²) < 4.78 is 0. The number of amides is 1. The Morgan fingerprint density at radius 1 is 1.21 bits per heavy atom. The van der Waals surface area contributed by atoms with Crippen molar-refractivity contribution >= 4 is 23.4 Å². The van der Waals surface area contributed by atoms with Crippen molar-refractivity contribution in [2.24, 2.45) is 5.41 Å². The van der Waals surface area contributed by atoms with Crippen molar-refractivity contribution in [3.05, 3.63) is 40.7 Å². The van der Waals surface area contributed by atoms with E-state index in [1.165, 1.54) is 11.8 Å². The summed E-state index contributed by atoms with van der Waals surface area (Å²) in [5.41, 5.74) is 5.37. The number of nitrogens with one attached hydrogen (secondary N) is 1. The van der Waals surface area contributed by atoms with Gasteiger partial charge in [0.05, 0.1) is 16.6 Å². The van der Waals surface area contributed by atoms with Crippen LogP contribution in [0.3, 0.4) is 0 Å². The zero-order valence-corrected chi connectivity index (χ0v) is 18.3. The first-order chi connectivity index (χ1) is 13.1. The predicted octanol–water partition coefficient (Wildman–Crippen LogP) is 4.78. The number of fused-ring (bicyclic) bond motifs is 5. The third kappa shape index (κ3) is 2.76. The summed E-state index contributed by atoms with van der Waals surface area (Å²) in [6.07, 6.45) is 2.30. The number of nitrogens with zero attached hydrogens (tertiary/aromatic N) is 3. The summed E-state index contributed by atoms with van der Waals surface area (Å²) in [5.74, 6) is 0.399. The van der Waals surface area contributed by atoms with E-state index < -0.39 is 0 Å². The fraction of sp³-hybridized carbons (Fsp3) is 0.545. The van der Waals surface area contributed by atoms with Crippen LogP contribution in [0.2, 0.25) is 0 Å². The van der Waals surface area contributed by atoms with Crippen molar-refractivity contribution in [3.8, 4) is 0 Å². The minimum absolute atomic E-state index is 0.0421. The van der Waals surface area contributed by atoms with Gasteiger partial charge in [0, 0.05) is 17.0 Å². The van der Waals surface area contributed by atoms with Crippen molar-refractivity contribution in [2.75, 3.05) is 5.32 Å². The third-order valence-electron chi connectivity index (χ3n) is 7.15. The second kappa shape index (κ2) is 6.55. The third-order valence-corrected chi connectivity index (χ3v) is 8.10. The van der Waals surface area contributed by atoms with Crippen molar-refractivity contribution in [2.45, 2.75) is 76.1 Å². The number of rotatable bonds is 4. The normalized spacial score (nSPS) is 25.4. The number of hydrogen-bond donors (Lipinski definition) is 1. The van der Waals surface area contributed by atoms with E-state index >= 15 is 0 Å². The maximum Gasteiger partial charge on any atom is 0.237 e. The Morgan fingerprint density at radius 2 is 1.89 bits per heavy atom. The minimum Gasteiger partial charge on any atom is -0.325 e. The van der Waals surface area contributed by atoms with Crippen LogP contribution in [-0.4, -0.2) is 26.3 Å². The van der Waals surface area contributed by atoms with Crippen LogP contribution in [-0.2, 0) is 10.2 Å². The molecule has 1 amide bonds. The molecule has 28 heavy (non-hydrogen) atoms. The van der Waals surface area contributed by atoms with Crippen LogP contribution in [0.5, 0.6) is 0 Å². The van der Waals surface area contributed by atoms with Crippen molar-refractivity contribution in [3.63, 3.8) is 0 Å². The van der Waals surface area contributed by atoms with Crippen LogP contribution in [0.25, 0.3) is 0 Å². The maximum atomic E-state index is 12.7. The van der Waals surface area contributed by atoms with Crippen molar-refractivity contribution < 1.29 is 4.79 Å². The van der Waals surface area contributed by atoms with Crippen LogP contribution >= 0.6 is 11.8 Å². The van der Waals surface area contributed by atoms with E-state index in [0.29, 0.717) is 11.1 Å². The lowest BCUT2D eigenvalue weighted by atomic mass is 9.70. The molecule has 2 aliphatic rings. The first kappa shape index (κ1) is 19.4. The van der Waals surface area contributed by atoms with E-state index in [4.69, 9.17) is 4.98 Å². The van der Waals surface area contributed by atoms with Gasteiger partial charge in [-0.3, -0.25) is 4.79 Å². The summed E-state index contributed by atoms with van der Waals surface area (Å²) in [4.78, 5) is 17.6. The maximum absolute atomic E-state index is 12.7. The van der Waals surface area contributed by atoms with Gasteiger partial charge in [-0.05, 0) is 50.2 Å². The average molecular weight is 397 g/mol. The first-order valence-electron chi connectivity index (χ1n) is 9.94. The largest absolute Gasteiger partial charge is 0.325 e. The van der Waals surface area contributed by atoms with Gasteiger partial charge >= 0.3 is 0 Å². The molecule has 6 heteroatoms. The topological polar surface area (TPSA) is 67.8 Å². The van der Waals surface area contributed by atoms with Gasteiger partial charge in [0.15, 0.2) is 0 Å². The summed E-state index contributed by atoms with van der Waals surface area (Å²) >= 11 is 1.38. The van der Waals surface area contributed by atoms with Gasteiger partial charge in [-0.15, -0.1) is 5.10 Å². The van der Waals surface area contributed by atoms with Crippen LogP contribution in [0.15, 0.2) is 23.4 Å². The number of thioether (sulfide) groups is 1. The number of benzene rings is 1. The lowest BCUT2D eigenvalue weighted by Crippen LogP contribution is -2.32. The van der Waals surface area contributed by atoms with E-state index in [1.807, 2.05) is 39.0 Å². The van der Waals surface area contributed by atoms with Gasteiger partial charge in [-0.25, -0.2) is 4.98 Å². The summed E-state index contributed by atoms with van der Waals surface area (Å²) in [7, 11) is 0. The number of aryl methyl sites for hydroxylation is 2. The van der Waals surface area contributed by atoms with E-state index in [0.717, 1.165) is 41.0 Å². The number of carbonyl (C=O) groups excluding carboxylic acids is 1. The molecule has 1 heterocycles. The molecule has 1 aromatic heterocycles. The highest BCUT2D eigenvalue weighted by Gasteiger charge is 2.61. The van der Waals surface area contributed by atoms with Crippen LogP contribution in [0, 0.1) is 19.3 Å². The molecular weight excluding hydrogens is 368 g/mol. The first-order valence-corrected chi connectivity index (χ1v) is 10.8. The highest BCUT2D eigenvalue weighted by molar-refractivity contribution is 8.00. The molecule has 0 aliphatic heterocycles. The molecule has 1 aromatic carbocycles. The van der Waals surface area contributed by atoms with Crippen molar-refractivity contribution in [1.82, 2.24) is 15.2 Å². The number of carbonyl (C=O) groups is 1. The van der Waals surface area contributed by atoms with Crippen LogP contribution in [0.1, 0.15) is 69.0 Å². The fourth-order valence-electron chi connectivity index (χ4n) is 4.86. The van der Waals surface area contributed by atoms with Gasteiger partial charge in [0.1, 0.15) is 0 Å². The van der Waals surface area contributed by atoms with Gasteiger partial charge in [0.2, 0.25) is 11.1 Å². The van der Waals surface area contributed by atoms with Gasteiger partial charge < -0.3 is 5.32 Å². The highest BCUT2D eigenvalue weighted by Crippen LogP contribution is 2.66. The molecule has 1 saturated carbocycles. The standard InChI is InChI=1S/C22H28N4OS/c1-12-8-7-9-13(2)16(12)23-19(27)14(3)28-20-24-18-17(25-26-20)15-10-11-22(18,6)21(15,4)5/h7-9,14-15H,10-11H2,1-6H3,(H,23,27)/t14-,15-,22+/m1/s1. The van der Waals surface area contributed by atoms with Gasteiger partial charge in [-0.1, -0.05) is 50.7 Å². The summed E-state index contributed by atoms with van der Waals surface area (Å²) in [6.45, 7) is 12.8. The second-order valence-corrected chi connectivity index (χ2v) is 10.3. The molecule has 1 N–H and O–H groups in total. The Bertz CT molecular complexity index is 937. The van der Waals surface area contributed by atoms with Crippen molar-refractivity contribution in [1.29, 1.82) is 0 Å². The van der Waals surface area contributed by atoms with E-state index in [2.05, 4.69) is 36.3 Å². The zero-order valence-electron chi connectivity index (χ0n) is 17.5. The molecule has 3 atom stereocenters. The smallest absolute Gasteiger partial charge is 0.237 e. The monoisotopic (exact) mass is 396 g/mol. The molecule has 2 aliphatic carbocycles.